The Balaban J connectivity index is 0.00000420. The van der Waals surface area contributed by atoms with Crippen molar-refractivity contribution in [2.45, 2.75) is 6.92 Å². The molecule has 0 unspecified atom stereocenters. The Labute approximate surface area is 357 Å². The van der Waals surface area contributed by atoms with Crippen LogP contribution in [0.15, 0.2) is 188 Å². The molecule has 0 atom stereocenters. The number of anilines is 4. The Morgan fingerprint density at radius 2 is 1.20 bits per heavy atom. The summed E-state index contributed by atoms with van der Waals surface area (Å²) in [6.07, 6.45) is 1.90. The molecule has 0 bridgehead atoms. The largest absolute Gasteiger partial charge is 0.509 e. The number of aromatic nitrogens is 2. The first-order chi connectivity index (χ1) is 28.7. The number of hydrogen-bond donors (Lipinski definition) is 0. The molecule has 1 aliphatic rings. The van der Waals surface area contributed by atoms with Gasteiger partial charge in [-0.2, -0.15) is 12.1 Å². The van der Waals surface area contributed by atoms with E-state index in [4.69, 9.17) is 9.72 Å². The van der Waals surface area contributed by atoms with Gasteiger partial charge >= 0.3 is 0 Å². The van der Waals surface area contributed by atoms with Crippen LogP contribution in [0.5, 0.6) is 11.5 Å². The zero-order valence-corrected chi connectivity index (χ0v) is 34.3. The fourth-order valence-corrected chi connectivity index (χ4v) is 8.31. The number of nitrogens with zero attached hydrogens (tertiary/aromatic N) is 4. The predicted molar refractivity (Wildman–Crippen MR) is 237 cm³/mol. The van der Waals surface area contributed by atoms with E-state index in [1.165, 1.54) is 5.39 Å². The van der Waals surface area contributed by atoms with E-state index in [0.29, 0.717) is 11.5 Å². The maximum Gasteiger partial charge on any atom is 0.135 e. The van der Waals surface area contributed by atoms with Gasteiger partial charge in [0.25, 0.3) is 0 Å². The molecule has 0 fully saturated rings. The van der Waals surface area contributed by atoms with Gasteiger partial charge in [-0.15, -0.1) is 48.1 Å². The van der Waals surface area contributed by atoms with Gasteiger partial charge in [0.05, 0.1) is 0 Å². The normalized spacial score (nSPS) is 12.2. The van der Waals surface area contributed by atoms with Crippen LogP contribution in [-0.2, 0) is 21.1 Å². The Kier molecular flexibility index (Phi) is 9.31. The number of benzene rings is 8. The van der Waals surface area contributed by atoms with E-state index in [1.54, 1.807) is 0 Å². The molecule has 0 saturated heterocycles. The number of ether oxygens (including phenoxy) is 1. The van der Waals surface area contributed by atoms with Crippen LogP contribution in [-0.4, -0.2) is 9.55 Å². The molecule has 0 aliphatic carbocycles. The van der Waals surface area contributed by atoms with Crippen LogP contribution >= 0.6 is 0 Å². The number of hydrogen-bond acceptors (Lipinski definition) is 4. The van der Waals surface area contributed by atoms with Crippen LogP contribution in [0.4, 0.5) is 22.7 Å². The molecule has 5 nitrogen and oxygen atoms in total. The first-order valence-electron chi connectivity index (χ1n) is 19.5. The van der Waals surface area contributed by atoms with Crippen molar-refractivity contribution in [2.75, 3.05) is 9.80 Å². The summed E-state index contributed by atoms with van der Waals surface area (Å²) in [6.45, 7) is 4.25. The topological polar surface area (TPSA) is 33.5 Å². The molecular formula is C53H35N4OPt-3. The summed E-state index contributed by atoms with van der Waals surface area (Å²) in [5.74, 6) is 2.02. The third-order valence-electron chi connectivity index (χ3n) is 11.0. The summed E-state index contributed by atoms with van der Waals surface area (Å²) >= 11 is 0. The van der Waals surface area contributed by atoms with Crippen molar-refractivity contribution < 1.29 is 25.8 Å². The molecule has 8 aromatic carbocycles. The van der Waals surface area contributed by atoms with Crippen LogP contribution in [0.25, 0.3) is 60.6 Å². The second-order valence-electron chi connectivity index (χ2n) is 14.6. The summed E-state index contributed by atoms with van der Waals surface area (Å²) in [7, 11) is 0. The van der Waals surface area contributed by atoms with Gasteiger partial charge in [0.15, 0.2) is 0 Å². The molecule has 286 valence electrons. The summed E-state index contributed by atoms with van der Waals surface area (Å²) in [4.78, 5) is 9.37. The first kappa shape index (κ1) is 36.4. The van der Waals surface area contributed by atoms with Crippen LogP contribution < -0.4 is 14.5 Å². The minimum atomic E-state index is 0. The van der Waals surface area contributed by atoms with Crippen LogP contribution in [0.3, 0.4) is 0 Å². The van der Waals surface area contributed by atoms with Crippen molar-refractivity contribution in [3.05, 3.63) is 213 Å². The number of fused-ring (bicyclic) bond motifs is 6. The van der Waals surface area contributed by atoms with E-state index in [-0.39, 0.29) is 21.1 Å². The van der Waals surface area contributed by atoms with Gasteiger partial charge in [-0.1, -0.05) is 139 Å². The molecule has 11 rings (SSSR count). The smallest absolute Gasteiger partial charge is 0.135 e. The minimum Gasteiger partial charge on any atom is -0.509 e. The molecule has 0 spiro atoms. The average molecular weight is 939 g/mol. The van der Waals surface area contributed by atoms with Gasteiger partial charge in [-0.05, 0) is 52.6 Å². The fraction of sp³-hybridized carbons (Fsp3) is 0.0189. The first-order valence-corrected chi connectivity index (χ1v) is 19.5. The molecule has 0 radical (unpaired) electrons. The van der Waals surface area contributed by atoms with Crippen LogP contribution in [0.1, 0.15) is 5.56 Å². The fourth-order valence-electron chi connectivity index (χ4n) is 8.31. The van der Waals surface area contributed by atoms with Crippen molar-refractivity contribution in [1.29, 1.82) is 0 Å². The third kappa shape index (κ3) is 6.35. The molecule has 2 aromatic heterocycles. The van der Waals surface area contributed by atoms with E-state index in [0.717, 1.165) is 83.6 Å². The summed E-state index contributed by atoms with van der Waals surface area (Å²) in [5.41, 5.74) is 11.8. The second-order valence-corrected chi connectivity index (χ2v) is 14.6. The number of aryl methyl sites for hydroxylation is 1. The van der Waals surface area contributed by atoms with Gasteiger partial charge < -0.3 is 19.1 Å². The van der Waals surface area contributed by atoms with E-state index in [2.05, 4.69) is 204 Å². The molecule has 1 aliphatic heterocycles. The molecule has 0 N–H and O–H groups in total. The van der Waals surface area contributed by atoms with Crippen molar-refractivity contribution in [3.8, 4) is 39.6 Å². The molecule has 0 amide bonds. The van der Waals surface area contributed by atoms with E-state index in [1.807, 2.05) is 24.4 Å². The number of para-hydroxylation sites is 2. The molecule has 59 heavy (non-hydrogen) atoms. The Hall–Kier alpha value is -6.94. The van der Waals surface area contributed by atoms with Crippen LogP contribution in [0.2, 0.25) is 0 Å². The monoisotopic (exact) mass is 938 g/mol. The molecule has 3 heterocycles. The van der Waals surface area contributed by atoms with Crippen molar-refractivity contribution in [1.82, 2.24) is 9.55 Å². The second kappa shape index (κ2) is 15.1. The van der Waals surface area contributed by atoms with Gasteiger partial charge in [0.2, 0.25) is 0 Å². The zero-order chi connectivity index (χ0) is 38.6. The number of rotatable bonds is 7. The maximum absolute atomic E-state index is 6.62. The maximum atomic E-state index is 6.62. The quantitative estimate of drug-likeness (QED) is 0.149. The van der Waals surface area contributed by atoms with E-state index < -0.39 is 0 Å². The van der Waals surface area contributed by atoms with Crippen LogP contribution in [0, 0.1) is 25.7 Å². The number of pyridine rings is 1. The zero-order valence-electron chi connectivity index (χ0n) is 32.0. The molecule has 0 saturated carbocycles. The molecular weight excluding hydrogens is 904 g/mol. The van der Waals surface area contributed by atoms with Gasteiger partial charge in [0.1, 0.15) is 5.82 Å². The van der Waals surface area contributed by atoms with E-state index in [9.17, 15) is 0 Å². The van der Waals surface area contributed by atoms with Crippen molar-refractivity contribution >= 4 is 55.3 Å². The SMILES string of the molecule is Cc1ccc(-n2c3[c-]c(Oc4[c-]c(N5[CH-]N(c6c(-c7ccccc7)cccc6-c6ccccc6)c6c5ccc5ccccc65)ccc4)ccc3c3ccccc32)nc1.[Pt]. The van der Waals surface area contributed by atoms with Crippen molar-refractivity contribution in [3.63, 3.8) is 0 Å². The van der Waals surface area contributed by atoms with Crippen molar-refractivity contribution in [2.24, 2.45) is 0 Å². The Morgan fingerprint density at radius 1 is 0.525 bits per heavy atom. The van der Waals surface area contributed by atoms with Gasteiger partial charge in [-0.25, -0.2) is 4.98 Å². The molecule has 10 aromatic rings. The third-order valence-corrected chi connectivity index (χ3v) is 11.0. The Morgan fingerprint density at radius 3 is 1.95 bits per heavy atom. The predicted octanol–water partition coefficient (Wildman–Crippen LogP) is 13.8. The average Bonchev–Trinajstić information content (AvgIpc) is 3.83. The van der Waals surface area contributed by atoms with Gasteiger partial charge in [0, 0.05) is 77.9 Å². The Bertz CT molecular complexity index is 3090. The summed E-state index contributed by atoms with van der Waals surface area (Å²) in [5, 5.41) is 4.56. The van der Waals surface area contributed by atoms with Gasteiger partial charge in [-0.3, -0.25) is 0 Å². The summed E-state index contributed by atoms with van der Waals surface area (Å²) in [6, 6.07) is 70.8. The van der Waals surface area contributed by atoms with E-state index >= 15 is 0 Å². The minimum absolute atomic E-state index is 0. The standard InChI is InChI=1S/C53H35N4O.Pt/c1-36-26-31-51(54-34-36)57-48-25-11-10-22-46(48)47-29-28-42(33-50(47)57)58-41-20-12-19-40(32-41)55-35-56(53-45-21-9-8-18-39(45)27-30-49(53)55)52-43(37-14-4-2-5-15-37)23-13-24-44(52)38-16-6-3-7-17-38;/h2-31,34-35H,1H3;/q-3;. The summed E-state index contributed by atoms with van der Waals surface area (Å²) < 4.78 is 8.77. The molecule has 6 heteroatoms.